The summed E-state index contributed by atoms with van der Waals surface area (Å²) in [6.45, 7) is 3.25. The predicted octanol–water partition coefficient (Wildman–Crippen LogP) is 4.06. The van der Waals surface area contributed by atoms with Crippen molar-refractivity contribution in [1.82, 2.24) is 0 Å². The van der Waals surface area contributed by atoms with Gasteiger partial charge in [-0.15, -0.1) is 0 Å². The first kappa shape index (κ1) is 24.9. The molecule has 0 saturated heterocycles. The summed E-state index contributed by atoms with van der Waals surface area (Å²) in [6.07, 6.45) is 0.183. The van der Waals surface area contributed by atoms with Gasteiger partial charge in [-0.05, 0) is 61.4 Å². The molecule has 4 rings (SSSR count). The van der Waals surface area contributed by atoms with Crippen molar-refractivity contribution in [3.63, 3.8) is 0 Å². The van der Waals surface area contributed by atoms with E-state index in [4.69, 9.17) is 10.00 Å². The van der Waals surface area contributed by atoms with Crippen molar-refractivity contribution in [2.24, 2.45) is 0 Å². The average molecular weight is 504 g/mol. The Labute approximate surface area is 210 Å². The second-order valence-corrected chi connectivity index (χ2v) is 10.9. The minimum Gasteiger partial charge on any atom is -0.482 e. The van der Waals surface area contributed by atoms with Gasteiger partial charge in [-0.1, -0.05) is 36.4 Å². The molecule has 0 N–H and O–H groups in total. The Morgan fingerprint density at radius 3 is 2.31 bits per heavy atom. The van der Waals surface area contributed by atoms with E-state index in [1.807, 2.05) is 18.2 Å². The zero-order chi connectivity index (χ0) is 25.9. The van der Waals surface area contributed by atoms with Gasteiger partial charge in [-0.25, -0.2) is 12.7 Å². The van der Waals surface area contributed by atoms with E-state index >= 15 is 0 Å². The molecular weight excluding hydrogens is 478 g/mol. The van der Waals surface area contributed by atoms with Crippen LogP contribution in [0.3, 0.4) is 0 Å². The van der Waals surface area contributed by atoms with Crippen LogP contribution in [0.1, 0.15) is 35.3 Å². The van der Waals surface area contributed by atoms with Crippen LogP contribution in [0.5, 0.6) is 5.75 Å². The van der Waals surface area contributed by atoms with Gasteiger partial charge in [0.2, 0.25) is 10.0 Å². The highest BCUT2D eigenvalue weighted by Gasteiger charge is 2.33. The standard InChI is InChI=1S/C27H25N3O5S/c1-19(2)36(33,34)30(23-13-9-20(10-14-23)15-16-28)27(32)22-11-7-21(8-12-22)17-29-24-5-3-4-6-25(24)35-18-26(29)31/h3-14,19H,15,17-18H2,1-2H3. The van der Waals surface area contributed by atoms with Gasteiger partial charge in [0.15, 0.2) is 6.61 Å². The van der Waals surface area contributed by atoms with Crippen LogP contribution in [0.25, 0.3) is 0 Å². The van der Waals surface area contributed by atoms with Crippen molar-refractivity contribution in [1.29, 1.82) is 5.26 Å². The molecule has 9 heteroatoms. The predicted molar refractivity (Wildman–Crippen MR) is 136 cm³/mol. The van der Waals surface area contributed by atoms with E-state index in [0.717, 1.165) is 15.4 Å². The number of nitriles is 1. The highest BCUT2D eigenvalue weighted by Crippen LogP contribution is 2.32. The van der Waals surface area contributed by atoms with Crippen molar-refractivity contribution in [2.45, 2.75) is 32.1 Å². The van der Waals surface area contributed by atoms with Gasteiger partial charge >= 0.3 is 0 Å². The number of hydrogen-bond donors (Lipinski definition) is 0. The Balaban J connectivity index is 1.61. The lowest BCUT2D eigenvalue weighted by Gasteiger charge is -2.29. The van der Waals surface area contributed by atoms with Crippen LogP contribution in [-0.4, -0.2) is 32.1 Å². The van der Waals surface area contributed by atoms with E-state index in [-0.39, 0.29) is 36.7 Å². The Hall–Kier alpha value is -4.16. The second-order valence-electron chi connectivity index (χ2n) is 8.60. The molecule has 0 aliphatic carbocycles. The summed E-state index contributed by atoms with van der Waals surface area (Å²) < 4.78 is 32.6. The third kappa shape index (κ3) is 4.95. The van der Waals surface area contributed by atoms with Gasteiger partial charge in [0.05, 0.1) is 35.7 Å². The number of anilines is 2. The van der Waals surface area contributed by atoms with Gasteiger partial charge < -0.3 is 9.64 Å². The summed E-state index contributed by atoms with van der Waals surface area (Å²) in [4.78, 5) is 27.5. The smallest absolute Gasteiger partial charge is 0.272 e. The fraction of sp³-hybridized carbons (Fsp3) is 0.222. The molecule has 0 radical (unpaired) electrons. The maximum absolute atomic E-state index is 13.4. The van der Waals surface area contributed by atoms with Crippen LogP contribution in [0.15, 0.2) is 72.8 Å². The first-order valence-electron chi connectivity index (χ1n) is 11.4. The highest BCUT2D eigenvalue weighted by molar-refractivity contribution is 7.94. The number of rotatable bonds is 7. The van der Waals surface area contributed by atoms with Gasteiger partial charge in [0.25, 0.3) is 11.8 Å². The van der Waals surface area contributed by atoms with Gasteiger partial charge in [0, 0.05) is 5.56 Å². The van der Waals surface area contributed by atoms with Crippen molar-refractivity contribution >= 4 is 33.2 Å². The van der Waals surface area contributed by atoms with Crippen molar-refractivity contribution in [3.8, 4) is 11.8 Å². The summed E-state index contributed by atoms with van der Waals surface area (Å²) in [7, 11) is -3.99. The number of carbonyl (C=O) groups is 2. The molecule has 0 unspecified atom stereocenters. The minimum atomic E-state index is -3.99. The molecule has 0 bridgehead atoms. The molecule has 3 aromatic rings. The summed E-state index contributed by atoms with van der Waals surface area (Å²) in [5.74, 6) is -0.238. The lowest BCUT2D eigenvalue weighted by Crippen LogP contribution is -2.41. The number of amides is 2. The number of sulfonamides is 1. The van der Waals surface area contributed by atoms with E-state index in [9.17, 15) is 18.0 Å². The third-order valence-corrected chi connectivity index (χ3v) is 7.92. The Morgan fingerprint density at radius 2 is 1.67 bits per heavy atom. The van der Waals surface area contributed by atoms with Crippen molar-refractivity contribution < 1.29 is 22.7 Å². The topological polar surface area (TPSA) is 108 Å². The molecule has 8 nitrogen and oxygen atoms in total. The van der Waals surface area contributed by atoms with Crippen LogP contribution < -0.4 is 13.9 Å². The lowest BCUT2D eigenvalue weighted by atomic mass is 10.1. The van der Waals surface area contributed by atoms with E-state index in [0.29, 0.717) is 11.4 Å². The number of para-hydroxylation sites is 2. The van der Waals surface area contributed by atoms with Crippen LogP contribution >= 0.6 is 0 Å². The molecule has 0 saturated carbocycles. The first-order chi connectivity index (χ1) is 17.2. The van der Waals surface area contributed by atoms with Crippen LogP contribution in [-0.2, 0) is 27.8 Å². The van der Waals surface area contributed by atoms with Crippen molar-refractivity contribution in [3.05, 3.63) is 89.5 Å². The number of fused-ring (bicyclic) bond motifs is 1. The molecule has 0 aromatic heterocycles. The maximum atomic E-state index is 13.4. The van der Waals surface area contributed by atoms with Gasteiger partial charge in [0.1, 0.15) is 5.75 Å². The molecule has 0 fully saturated rings. The summed E-state index contributed by atoms with van der Waals surface area (Å²) in [5.41, 5.74) is 2.56. The van der Waals surface area contributed by atoms with Gasteiger partial charge in [-0.3, -0.25) is 9.59 Å². The normalized spacial score (nSPS) is 13.1. The van der Waals surface area contributed by atoms with Crippen LogP contribution in [0.2, 0.25) is 0 Å². The first-order valence-corrected chi connectivity index (χ1v) is 12.9. The average Bonchev–Trinajstić information content (AvgIpc) is 2.87. The second kappa shape index (κ2) is 10.2. The Kier molecular flexibility index (Phi) is 7.08. The summed E-state index contributed by atoms with van der Waals surface area (Å²) in [5, 5.41) is 8.06. The number of carbonyl (C=O) groups excluding carboxylic acids is 2. The summed E-state index contributed by atoms with van der Waals surface area (Å²) in [6, 6.07) is 22.2. The van der Waals surface area contributed by atoms with Crippen molar-refractivity contribution in [2.75, 3.05) is 15.8 Å². The quantitative estimate of drug-likeness (QED) is 0.481. The summed E-state index contributed by atoms with van der Waals surface area (Å²) >= 11 is 0. The number of benzene rings is 3. The minimum absolute atomic E-state index is 0.0528. The zero-order valence-corrected chi connectivity index (χ0v) is 20.7. The molecule has 1 heterocycles. The molecule has 2 amide bonds. The third-order valence-electron chi connectivity index (χ3n) is 5.84. The lowest BCUT2D eigenvalue weighted by molar-refractivity contribution is -0.121. The van der Waals surface area contributed by atoms with Crippen LogP contribution in [0, 0.1) is 11.3 Å². The van der Waals surface area contributed by atoms with Crippen LogP contribution in [0.4, 0.5) is 11.4 Å². The molecule has 1 aliphatic rings. The fourth-order valence-corrected chi connectivity index (χ4v) is 4.98. The largest absolute Gasteiger partial charge is 0.482 e. The van der Waals surface area contributed by atoms with E-state index in [1.165, 1.54) is 26.0 Å². The number of nitrogens with zero attached hydrogens (tertiary/aromatic N) is 3. The SMILES string of the molecule is CC(C)S(=O)(=O)N(C(=O)c1ccc(CN2C(=O)COc3ccccc32)cc1)c1ccc(CC#N)cc1. The number of ether oxygens (including phenoxy) is 1. The molecule has 184 valence electrons. The monoisotopic (exact) mass is 503 g/mol. The Morgan fingerprint density at radius 1 is 1.03 bits per heavy atom. The van der Waals surface area contributed by atoms with Gasteiger partial charge in [-0.2, -0.15) is 5.26 Å². The molecule has 36 heavy (non-hydrogen) atoms. The Bertz CT molecular complexity index is 1430. The fourth-order valence-electron chi connectivity index (χ4n) is 3.81. The molecule has 1 aliphatic heterocycles. The zero-order valence-electron chi connectivity index (χ0n) is 19.9. The highest BCUT2D eigenvalue weighted by atomic mass is 32.2. The van der Waals surface area contributed by atoms with E-state index in [1.54, 1.807) is 53.4 Å². The molecular formula is C27H25N3O5S. The molecule has 0 atom stereocenters. The van der Waals surface area contributed by atoms with E-state index in [2.05, 4.69) is 0 Å². The van der Waals surface area contributed by atoms with E-state index < -0.39 is 21.2 Å². The molecule has 0 spiro atoms. The molecule has 3 aromatic carbocycles. The maximum Gasteiger partial charge on any atom is 0.272 e. The number of hydrogen-bond acceptors (Lipinski definition) is 6.